The van der Waals surface area contributed by atoms with Crippen LogP contribution >= 0.6 is 15.9 Å². The molecule has 3 rings (SSSR count). The average molecular weight is 323 g/mol. The predicted molar refractivity (Wildman–Crippen MR) is 74.4 cm³/mol. The van der Waals surface area contributed by atoms with Gasteiger partial charge >= 0.3 is 0 Å². The number of hydrogen-bond acceptors (Lipinski definition) is 5. The second-order valence-electron chi connectivity index (χ2n) is 4.65. The molecular weight excluding hydrogens is 308 g/mol. The number of hydrogen-bond donors (Lipinski definition) is 1. The van der Waals surface area contributed by atoms with Gasteiger partial charge in [-0.3, -0.25) is 0 Å². The van der Waals surface area contributed by atoms with E-state index in [0.717, 1.165) is 23.3 Å². The minimum absolute atomic E-state index is 0.197. The van der Waals surface area contributed by atoms with Crippen molar-refractivity contribution >= 4 is 15.9 Å². The lowest BCUT2D eigenvalue weighted by molar-refractivity contribution is 0.401. The molecule has 1 aliphatic rings. The topological polar surface area (TPSA) is 63.8 Å². The Balaban J connectivity index is 1.85. The Kier molecular flexibility index (Phi) is 3.89. The first kappa shape index (κ1) is 12.7. The number of rotatable bonds is 2. The minimum Gasteiger partial charge on any atom is -0.332 e. The van der Waals surface area contributed by atoms with Gasteiger partial charge < -0.3 is 9.84 Å². The van der Waals surface area contributed by atoms with E-state index in [-0.39, 0.29) is 6.04 Å². The van der Waals surface area contributed by atoms with E-state index >= 15 is 0 Å². The maximum atomic E-state index is 5.33. The normalized spacial score (nSPS) is 20.2. The summed E-state index contributed by atoms with van der Waals surface area (Å²) >= 11 is 3.44. The van der Waals surface area contributed by atoms with E-state index in [9.17, 15) is 0 Å². The fraction of sp³-hybridized carbons (Fsp3) is 0.462. The zero-order valence-electron chi connectivity index (χ0n) is 10.5. The summed E-state index contributed by atoms with van der Waals surface area (Å²) in [5.41, 5.74) is 0.690. The zero-order valence-corrected chi connectivity index (χ0v) is 12.1. The van der Waals surface area contributed by atoms with Crippen molar-refractivity contribution in [3.05, 3.63) is 28.6 Å². The van der Waals surface area contributed by atoms with Crippen molar-refractivity contribution in [2.75, 3.05) is 6.54 Å². The first-order valence-corrected chi connectivity index (χ1v) is 7.32. The smallest absolute Gasteiger partial charge is 0.277 e. The summed E-state index contributed by atoms with van der Waals surface area (Å²) in [6.07, 6.45) is 6.46. The maximum absolute atomic E-state index is 5.33. The van der Waals surface area contributed by atoms with Crippen molar-refractivity contribution in [1.29, 1.82) is 0 Å². The van der Waals surface area contributed by atoms with Crippen LogP contribution in [0.1, 0.15) is 37.5 Å². The molecule has 0 aliphatic carbocycles. The van der Waals surface area contributed by atoms with Crippen LogP contribution in [0.15, 0.2) is 27.3 Å². The molecular formula is C13H15BrN4O. The monoisotopic (exact) mass is 322 g/mol. The summed E-state index contributed by atoms with van der Waals surface area (Å²) in [4.78, 5) is 8.74. The Bertz CT molecular complexity index is 549. The van der Waals surface area contributed by atoms with Crippen molar-refractivity contribution in [3.8, 4) is 11.6 Å². The number of aromatic nitrogens is 3. The Morgan fingerprint density at radius 2 is 2.26 bits per heavy atom. The van der Waals surface area contributed by atoms with Gasteiger partial charge in [0.15, 0.2) is 5.82 Å². The lowest BCUT2D eigenvalue weighted by atomic mass is 10.1. The predicted octanol–water partition coefficient (Wildman–Crippen LogP) is 3.10. The molecule has 1 N–H and O–H groups in total. The van der Waals surface area contributed by atoms with Gasteiger partial charge in [-0.25, -0.2) is 4.98 Å². The lowest BCUT2D eigenvalue weighted by Crippen LogP contribution is -2.21. The summed E-state index contributed by atoms with van der Waals surface area (Å²) < 4.78 is 6.19. The Morgan fingerprint density at radius 1 is 1.32 bits per heavy atom. The van der Waals surface area contributed by atoms with Gasteiger partial charge in [0.05, 0.1) is 6.04 Å². The molecule has 1 unspecified atom stereocenters. The van der Waals surface area contributed by atoms with Crippen LogP contribution in [0.3, 0.4) is 0 Å². The Hall–Kier alpha value is -1.27. The third kappa shape index (κ3) is 2.84. The average Bonchev–Trinajstić information content (AvgIpc) is 2.75. The summed E-state index contributed by atoms with van der Waals surface area (Å²) in [5, 5.41) is 7.55. The molecule has 2 aromatic heterocycles. The fourth-order valence-electron chi connectivity index (χ4n) is 2.26. The maximum Gasteiger partial charge on any atom is 0.277 e. The molecule has 0 aromatic carbocycles. The van der Waals surface area contributed by atoms with Crippen molar-refractivity contribution in [2.45, 2.75) is 31.7 Å². The molecule has 1 aliphatic heterocycles. The zero-order chi connectivity index (χ0) is 13.1. The van der Waals surface area contributed by atoms with Crippen molar-refractivity contribution in [1.82, 2.24) is 20.4 Å². The van der Waals surface area contributed by atoms with Crippen LogP contribution in [-0.2, 0) is 0 Å². The summed E-state index contributed by atoms with van der Waals surface area (Å²) in [5.74, 6) is 1.20. The summed E-state index contributed by atoms with van der Waals surface area (Å²) in [6, 6.07) is 3.97. The number of nitrogens with zero attached hydrogens (tertiary/aromatic N) is 3. The van der Waals surface area contributed by atoms with Crippen LogP contribution in [0.25, 0.3) is 11.6 Å². The van der Waals surface area contributed by atoms with Gasteiger partial charge in [0.1, 0.15) is 5.69 Å². The molecule has 100 valence electrons. The first-order chi connectivity index (χ1) is 9.34. The van der Waals surface area contributed by atoms with Crippen LogP contribution in [0.4, 0.5) is 0 Å². The van der Waals surface area contributed by atoms with E-state index in [1.165, 1.54) is 19.3 Å². The van der Waals surface area contributed by atoms with Gasteiger partial charge in [-0.15, -0.1) is 0 Å². The molecule has 0 spiro atoms. The molecule has 1 fully saturated rings. The standard InChI is InChI=1S/C13H15BrN4O/c14-9-5-4-8-16-11(9)13-17-12(18-19-13)10-6-2-1-3-7-15-10/h4-5,8,10,15H,1-3,6-7H2. The number of nitrogens with one attached hydrogen (secondary N) is 1. The third-order valence-electron chi connectivity index (χ3n) is 3.27. The van der Waals surface area contributed by atoms with Crippen molar-refractivity contribution in [3.63, 3.8) is 0 Å². The van der Waals surface area contributed by atoms with Gasteiger partial charge in [0, 0.05) is 10.7 Å². The second-order valence-corrected chi connectivity index (χ2v) is 5.50. The number of pyridine rings is 1. The highest BCUT2D eigenvalue weighted by Crippen LogP contribution is 2.26. The highest BCUT2D eigenvalue weighted by atomic mass is 79.9. The molecule has 0 bridgehead atoms. The van der Waals surface area contributed by atoms with E-state index in [1.807, 2.05) is 12.1 Å². The molecule has 1 saturated heterocycles. The van der Waals surface area contributed by atoms with E-state index in [1.54, 1.807) is 6.20 Å². The van der Waals surface area contributed by atoms with E-state index in [4.69, 9.17) is 4.52 Å². The van der Waals surface area contributed by atoms with Crippen LogP contribution in [0, 0.1) is 0 Å². The molecule has 5 nitrogen and oxygen atoms in total. The Morgan fingerprint density at radius 3 is 3.16 bits per heavy atom. The van der Waals surface area contributed by atoms with Crippen molar-refractivity contribution in [2.24, 2.45) is 0 Å². The van der Waals surface area contributed by atoms with E-state index < -0.39 is 0 Å². The summed E-state index contributed by atoms with van der Waals surface area (Å²) in [7, 11) is 0. The quantitative estimate of drug-likeness (QED) is 0.920. The van der Waals surface area contributed by atoms with Crippen LogP contribution in [0.5, 0.6) is 0 Å². The molecule has 6 heteroatoms. The van der Waals surface area contributed by atoms with Gasteiger partial charge in [-0.2, -0.15) is 4.98 Å². The lowest BCUT2D eigenvalue weighted by Gasteiger charge is -2.09. The van der Waals surface area contributed by atoms with Gasteiger partial charge in [-0.1, -0.05) is 18.0 Å². The molecule has 1 atom stereocenters. The van der Waals surface area contributed by atoms with E-state index in [0.29, 0.717) is 11.6 Å². The molecule has 2 aromatic rings. The van der Waals surface area contributed by atoms with Crippen LogP contribution in [-0.4, -0.2) is 21.7 Å². The summed E-state index contributed by atoms with van der Waals surface area (Å²) in [6.45, 7) is 1.02. The van der Waals surface area contributed by atoms with Crippen LogP contribution in [0.2, 0.25) is 0 Å². The minimum atomic E-state index is 0.197. The van der Waals surface area contributed by atoms with Crippen molar-refractivity contribution < 1.29 is 4.52 Å². The molecule has 0 radical (unpaired) electrons. The Labute approximate surface area is 119 Å². The van der Waals surface area contributed by atoms with Gasteiger partial charge in [-0.05, 0) is 47.4 Å². The highest BCUT2D eigenvalue weighted by molar-refractivity contribution is 9.10. The largest absolute Gasteiger partial charge is 0.332 e. The van der Waals surface area contributed by atoms with Gasteiger partial charge in [0.2, 0.25) is 0 Å². The fourth-order valence-corrected chi connectivity index (χ4v) is 2.69. The number of halogens is 1. The molecule has 3 heterocycles. The second kappa shape index (κ2) is 5.79. The third-order valence-corrected chi connectivity index (χ3v) is 3.91. The molecule has 0 saturated carbocycles. The molecule has 0 amide bonds. The highest BCUT2D eigenvalue weighted by Gasteiger charge is 2.21. The van der Waals surface area contributed by atoms with E-state index in [2.05, 4.69) is 36.4 Å². The van der Waals surface area contributed by atoms with Crippen LogP contribution < -0.4 is 5.32 Å². The molecule has 19 heavy (non-hydrogen) atoms. The SMILES string of the molecule is Brc1cccnc1-c1nc(C2CCCCCN2)no1. The van der Waals surface area contributed by atoms with Gasteiger partial charge in [0.25, 0.3) is 5.89 Å². The first-order valence-electron chi connectivity index (χ1n) is 6.52.